The van der Waals surface area contributed by atoms with E-state index in [-0.39, 0.29) is 12.0 Å². The largest absolute Gasteiger partial charge is 0.481 e. The summed E-state index contributed by atoms with van der Waals surface area (Å²) in [6.45, 7) is 6.34. The van der Waals surface area contributed by atoms with Crippen LogP contribution in [0.25, 0.3) is 0 Å². The lowest BCUT2D eigenvalue weighted by atomic mass is 9.88. The Hall–Kier alpha value is -0.570. The molecule has 1 unspecified atom stereocenters. The van der Waals surface area contributed by atoms with Gasteiger partial charge in [-0.15, -0.1) is 0 Å². The summed E-state index contributed by atoms with van der Waals surface area (Å²) in [5.41, 5.74) is -0.212. The number of carboxylic acids is 1. The van der Waals surface area contributed by atoms with Crippen LogP contribution in [0.5, 0.6) is 0 Å². The molecule has 0 amide bonds. The lowest BCUT2D eigenvalue weighted by molar-refractivity contribution is -0.140. The van der Waals surface area contributed by atoms with Crippen molar-refractivity contribution < 1.29 is 9.90 Å². The Bertz CT molecular complexity index is 190. The van der Waals surface area contributed by atoms with Crippen molar-refractivity contribution in [1.82, 2.24) is 4.90 Å². The van der Waals surface area contributed by atoms with Crippen LogP contribution in [-0.2, 0) is 4.79 Å². The Morgan fingerprint density at radius 1 is 1.43 bits per heavy atom. The highest BCUT2D eigenvalue weighted by atomic mass is 16.4. The molecule has 0 aliphatic heterocycles. The average Bonchev–Trinajstić information content (AvgIpc) is 1.99. The minimum Gasteiger partial charge on any atom is -0.481 e. The number of nitrogens with zero attached hydrogens (tertiary/aromatic N) is 1. The molecule has 0 aromatic rings. The van der Waals surface area contributed by atoms with Gasteiger partial charge >= 0.3 is 5.97 Å². The molecule has 1 atom stereocenters. The third-order valence-electron chi connectivity index (χ3n) is 2.87. The molecular formula is C11H23NO2. The maximum atomic E-state index is 10.7. The first-order valence-corrected chi connectivity index (χ1v) is 5.17. The molecule has 0 bridgehead atoms. The summed E-state index contributed by atoms with van der Waals surface area (Å²) in [6, 6.07) is 0. The molecule has 3 nitrogen and oxygen atoms in total. The van der Waals surface area contributed by atoms with Crippen molar-refractivity contribution in [3.8, 4) is 0 Å². The smallest absolute Gasteiger partial charge is 0.305 e. The van der Waals surface area contributed by atoms with Crippen molar-refractivity contribution >= 4 is 5.97 Å². The Kier molecular flexibility index (Phi) is 5.13. The van der Waals surface area contributed by atoms with Crippen molar-refractivity contribution in [2.75, 3.05) is 14.1 Å². The van der Waals surface area contributed by atoms with Gasteiger partial charge in [0.1, 0.15) is 0 Å². The summed E-state index contributed by atoms with van der Waals surface area (Å²) < 4.78 is 0. The minimum absolute atomic E-state index is 0.212. The molecular weight excluding hydrogens is 178 g/mol. The summed E-state index contributed by atoms with van der Waals surface area (Å²) in [5, 5.41) is 8.84. The van der Waals surface area contributed by atoms with Crippen LogP contribution in [0.1, 0.15) is 40.0 Å². The van der Waals surface area contributed by atoms with E-state index in [0.717, 1.165) is 12.8 Å². The van der Waals surface area contributed by atoms with Gasteiger partial charge in [0, 0.05) is 5.54 Å². The molecule has 0 fully saturated rings. The van der Waals surface area contributed by atoms with Crippen LogP contribution in [0.2, 0.25) is 0 Å². The molecule has 0 saturated heterocycles. The highest BCUT2D eigenvalue weighted by molar-refractivity contribution is 5.68. The molecule has 0 aromatic heterocycles. The highest BCUT2D eigenvalue weighted by Gasteiger charge is 2.29. The third-order valence-corrected chi connectivity index (χ3v) is 2.87. The van der Waals surface area contributed by atoms with E-state index in [2.05, 4.69) is 13.8 Å². The van der Waals surface area contributed by atoms with Crippen molar-refractivity contribution in [3.05, 3.63) is 0 Å². The summed E-state index contributed by atoms with van der Waals surface area (Å²) in [7, 11) is 3.90. The van der Waals surface area contributed by atoms with Crippen LogP contribution >= 0.6 is 0 Å². The van der Waals surface area contributed by atoms with Crippen LogP contribution in [0.4, 0.5) is 0 Å². The maximum Gasteiger partial charge on any atom is 0.305 e. The van der Waals surface area contributed by atoms with Crippen LogP contribution in [0, 0.1) is 5.92 Å². The molecule has 0 aliphatic carbocycles. The van der Waals surface area contributed by atoms with E-state index in [4.69, 9.17) is 5.11 Å². The quantitative estimate of drug-likeness (QED) is 0.716. The lowest BCUT2D eigenvalue weighted by Gasteiger charge is -2.35. The molecule has 0 aliphatic rings. The summed E-state index contributed by atoms with van der Waals surface area (Å²) >= 11 is 0. The van der Waals surface area contributed by atoms with E-state index in [1.807, 2.05) is 25.9 Å². The van der Waals surface area contributed by atoms with Gasteiger partial charge in [0.25, 0.3) is 0 Å². The lowest BCUT2D eigenvalue weighted by Crippen LogP contribution is -2.43. The van der Waals surface area contributed by atoms with Gasteiger partial charge in [0.15, 0.2) is 0 Å². The van der Waals surface area contributed by atoms with Crippen molar-refractivity contribution in [2.45, 2.75) is 45.6 Å². The Balaban J connectivity index is 4.31. The Labute approximate surface area is 87.1 Å². The van der Waals surface area contributed by atoms with E-state index < -0.39 is 5.97 Å². The van der Waals surface area contributed by atoms with Crippen LogP contribution in [0.15, 0.2) is 0 Å². The SMILES string of the molecule is CC(C)CCC(C)(CC(=O)O)N(C)C. The molecule has 0 rings (SSSR count). The zero-order chi connectivity index (χ0) is 11.4. The molecule has 0 radical (unpaired) electrons. The first-order valence-electron chi connectivity index (χ1n) is 5.17. The summed E-state index contributed by atoms with van der Waals surface area (Å²) in [5.74, 6) is -0.0898. The average molecular weight is 201 g/mol. The molecule has 1 N–H and O–H groups in total. The summed E-state index contributed by atoms with van der Waals surface area (Å²) in [6.07, 6.45) is 2.22. The second-order valence-electron chi connectivity index (χ2n) is 4.89. The first-order chi connectivity index (χ1) is 6.28. The number of rotatable bonds is 6. The summed E-state index contributed by atoms with van der Waals surface area (Å²) in [4.78, 5) is 12.8. The number of hydrogen-bond donors (Lipinski definition) is 1. The second-order valence-corrected chi connectivity index (χ2v) is 4.89. The highest BCUT2D eigenvalue weighted by Crippen LogP contribution is 2.24. The molecule has 0 heterocycles. The minimum atomic E-state index is -0.718. The van der Waals surface area contributed by atoms with Crippen LogP contribution < -0.4 is 0 Å². The van der Waals surface area contributed by atoms with Gasteiger partial charge in [-0.2, -0.15) is 0 Å². The van der Waals surface area contributed by atoms with Gasteiger partial charge in [-0.1, -0.05) is 13.8 Å². The van der Waals surface area contributed by atoms with Crippen molar-refractivity contribution in [2.24, 2.45) is 5.92 Å². The Morgan fingerprint density at radius 2 is 1.93 bits per heavy atom. The van der Waals surface area contributed by atoms with Gasteiger partial charge in [-0.3, -0.25) is 4.79 Å². The van der Waals surface area contributed by atoms with Gasteiger partial charge in [-0.05, 0) is 39.8 Å². The Morgan fingerprint density at radius 3 is 2.21 bits per heavy atom. The van der Waals surface area contributed by atoms with Gasteiger partial charge in [0.05, 0.1) is 6.42 Å². The van der Waals surface area contributed by atoms with Crippen LogP contribution in [0.3, 0.4) is 0 Å². The van der Waals surface area contributed by atoms with Gasteiger partial charge in [-0.25, -0.2) is 0 Å². The topological polar surface area (TPSA) is 40.5 Å². The standard InChI is InChI=1S/C11H23NO2/c1-9(2)6-7-11(3,12(4)5)8-10(13)14/h9H,6-8H2,1-5H3,(H,13,14). The maximum absolute atomic E-state index is 10.7. The normalized spacial score (nSPS) is 15.9. The van der Waals surface area contributed by atoms with Gasteiger partial charge in [0.2, 0.25) is 0 Å². The van der Waals surface area contributed by atoms with Gasteiger partial charge < -0.3 is 10.0 Å². The fourth-order valence-electron chi connectivity index (χ4n) is 1.40. The molecule has 0 saturated carbocycles. The van der Waals surface area contributed by atoms with E-state index in [1.165, 1.54) is 0 Å². The predicted molar refractivity (Wildman–Crippen MR) is 58.4 cm³/mol. The number of carbonyl (C=O) groups is 1. The molecule has 84 valence electrons. The second kappa shape index (κ2) is 5.35. The molecule has 14 heavy (non-hydrogen) atoms. The fourth-order valence-corrected chi connectivity index (χ4v) is 1.40. The third kappa shape index (κ3) is 4.61. The zero-order valence-electron chi connectivity index (χ0n) is 10.0. The van der Waals surface area contributed by atoms with Crippen LogP contribution in [-0.4, -0.2) is 35.6 Å². The van der Waals surface area contributed by atoms with Crippen molar-refractivity contribution in [1.29, 1.82) is 0 Å². The predicted octanol–water partition coefficient (Wildman–Crippen LogP) is 2.22. The van der Waals surface area contributed by atoms with E-state index in [0.29, 0.717) is 5.92 Å². The number of aliphatic carboxylic acids is 1. The fraction of sp³-hybridized carbons (Fsp3) is 0.909. The number of hydrogen-bond acceptors (Lipinski definition) is 2. The van der Waals surface area contributed by atoms with E-state index >= 15 is 0 Å². The first kappa shape index (κ1) is 13.4. The van der Waals surface area contributed by atoms with E-state index in [9.17, 15) is 4.79 Å². The monoisotopic (exact) mass is 201 g/mol. The van der Waals surface area contributed by atoms with E-state index in [1.54, 1.807) is 0 Å². The number of carboxylic acid groups (broad SMARTS) is 1. The zero-order valence-corrected chi connectivity index (χ0v) is 10.0. The molecule has 0 spiro atoms. The molecule has 0 aromatic carbocycles. The van der Waals surface area contributed by atoms with Crippen molar-refractivity contribution in [3.63, 3.8) is 0 Å². The molecule has 3 heteroatoms.